The SMILES string of the molecule is CCNC(=NCC1(CCO)CCOC1)NCCc1ccccc1Cl.I. The number of aliphatic hydroxyl groups excluding tert-OH is 1. The summed E-state index contributed by atoms with van der Waals surface area (Å²) in [5, 5.41) is 16.7. The van der Waals surface area contributed by atoms with Crippen LogP contribution >= 0.6 is 35.6 Å². The van der Waals surface area contributed by atoms with Gasteiger partial charge in [-0.2, -0.15) is 0 Å². The predicted molar refractivity (Wildman–Crippen MR) is 114 cm³/mol. The van der Waals surface area contributed by atoms with Gasteiger partial charge in [-0.3, -0.25) is 4.99 Å². The zero-order chi connectivity index (χ0) is 17.3. The fourth-order valence-electron chi connectivity index (χ4n) is 2.89. The van der Waals surface area contributed by atoms with E-state index >= 15 is 0 Å². The fourth-order valence-corrected chi connectivity index (χ4v) is 3.12. The van der Waals surface area contributed by atoms with E-state index in [0.29, 0.717) is 13.2 Å². The molecule has 1 aliphatic heterocycles. The largest absolute Gasteiger partial charge is 0.396 e. The molecular formula is C18H29ClIN3O2. The molecule has 0 amide bonds. The summed E-state index contributed by atoms with van der Waals surface area (Å²) in [4.78, 5) is 4.71. The molecule has 1 unspecified atom stereocenters. The topological polar surface area (TPSA) is 65.9 Å². The third-order valence-corrected chi connectivity index (χ3v) is 4.76. The van der Waals surface area contributed by atoms with Crippen LogP contribution in [-0.4, -0.2) is 50.5 Å². The molecule has 1 aromatic carbocycles. The molecular weight excluding hydrogens is 453 g/mol. The number of aliphatic hydroxyl groups is 1. The maximum Gasteiger partial charge on any atom is 0.191 e. The highest BCUT2D eigenvalue weighted by molar-refractivity contribution is 14.0. The van der Waals surface area contributed by atoms with E-state index < -0.39 is 0 Å². The van der Waals surface area contributed by atoms with E-state index in [-0.39, 0.29) is 36.0 Å². The number of nitrogens with one attached hydrogen (secondary N) is 2. The average Bonchev–Trinajstić information content (AvgIpc) is 3.04. The van der Waals surface area contributed by atoms with E-state index in [0.717, 1.165) is 55.5 Å². The number of ether oxygens (including phenoxy) is 1. The summed E-state index contributed by atoms with van der Waals surface area (Å²) in [5.41, 5.74) is 1.10. The van der Waals surface area contributed by atoms with Gasteiger partial charge in [0.2, 0.25) is 0 Å². The summed E-state index contributed by atoms with van der Waals surface area (Å²) >= 11 is 6.19. The van der Waals surface area contributed by atoms with Crippen molar-refractivity contribution in [3.05, 3.63) is 34.9 Å². The van der Waals surface area contributed by atoms with Crippen LogP contribution in [0.15, 0.2) is 29.3 Å². The lowest BCUT2D eigenvalue weighted by Crippen LogP contribution is -2.39. The van der Waals surface area contributed by atoms with E-state index in [1.807, 2.05) is 31.2 Å². The summed E-state index contributed by atoms with van der Waals surface area (Å²) in [6, 6.07) is 7.89. The monoisotopic (exact) mass is 481 g/mol. The first-order chi connectivity index (χ1) is 11.7. The minimum absolute atomic E-state index is 0. The van der Waals surface area contributed by atoms with E-state index in [2.05, 4.69) is 10.6 Å². The van der Waals surface area contributed by atoms with Gasteiger partial charge in [-0.15, -0.1) is 24.0 Å². The van der Waals surface area contributed by atoms with Crippen molar-refractivity contribution in [1.29, 1.82) is 0 Å². The Hall–Kier alpha value is -0.570. The van der Waals surface area contributed by atoms with Crippen molar-refractivity contribution >= 4 is 41.5 Å². The lowest BCUT2D eigenvalue weighted by Gasteiger charge is -2.24. The van der Waals surface area contributed by atoms with Gasteiger partial charge in [0, 0.05) is 36.7 Å². The molecule has 1 heterocycles. The van der Waals surface area contributed by atoms with Gasteiger partial charge in [-0.05, 0) is 37.8 Å². The Morgan fingerprint density at radius 1 is 1.36 bits per heavy atom. The van der Waals surface area contributed by atoms with Gasteiger partial charge < -0.3 is 20.5 Å². The summed E-state index contributed by atoms with van der Waals surface area (Å²) in [6.07, 6.45) is 2.53. The van der Waals surface area contributed by atoms with Gasteiger partial charge in [0.05, 0.1) is 13.2 Å². The van der Waals surface area contributed by atoms with Crippen molar-refractivity contribution in [3.8, 4) is 0 Å². The smallest absolute Gasteiger partial charge is 0.191 e. The van der Waals surface area contributed by atoms with Gasteiger partial charge in [0.1, 0.15) is 0 Å². The summed E-state index contributed by atoms with van der Waals surface area (Å²) < 4.78 is 5.52. The third kappa shape index (κ3) is 7.29. The van der Waals surface area contributed by atoms with Crippen LogP contribution in [0.4, 0.5) is 0 Å². The minimum Gasteiger partial charge on any atom is -0.396 e. The maximum atomic E-state index is 9.31. The zero-order valence-electron chi connectivity index (χ0n) is 14.8. The van der Waals surface area contributed by atoms with Crippen LogP contribution in [0.1, 0.15) is 25.3 Å². The van der Waals surface area contributed by atoms with E-state index in [1.54, 1.807) is 0 Å². The van der Waals surface area contributed by atoms with Crippen molar-refractivity contribution in [2.45, 2.75) is 26.2 Å². The third-order valence-electron chi connectivity index (χ3n) is 4.39. The van der Waals surface area contributed by atoms with E-state index in [9.17, 15) is 5.11 Å². The molecule has 0 radical (unpaired) electrons. The Morgan fingerprint density at radius 3 is 2.80 bits per heavy atom. The molecule has 25 heavy (non-hydrogen) atoms. The molecule has 142 valence electrons. The summed E-state index contributed by atoms with van der Waals surface area (Å²) in [6.45, 7) is 5.89. The summed E-state index contributed by atoms with van der Waals surface area (Å²) in [5.74, 6) is 0.800. The fraction of sp³-hybridized carbons (Fsp3) is 0.611. The Morgan fingerprint density at radius 2 is 2.16 bits per heavy atom. The van der Waals surface area contributed by atoms with Crippen LogP contribution in [0.2, 0.25) is 5.02 Å². The standard InChI is InChI=1S/C18H28ClN3O2.HI/c1-2-20-17(21-10-7-15-5-3-4-6-16(15)19)22-13-18(8-11-23)9-12-24-14-18;/h3-6,23H,2,7-14H2,1H3,(H2,20,21,22);1H. The number of nitrogens with zero attached hydrogens (tertiary/aromatic N) is 1. The second-order valence-corrected chi connectivity index (χ2v) is 6.65. The Labute approximate surface area is 172 Å². The maximum absolute atomic E-state index is 9.31. The molecule has 1 aromatic rings. The first-order valence-corrected chi connectivity index (χ1v) is 9.01. The highest BCUT2D eigenvalue weighted by Gasteiger charge is 2.34. The Balaban J connectivity index is 0.00000312. The van der Waals surface area contributed by atoms with Crippen molar-refractivity contribution in [2.24, 2.45) is 10.4 Å². The zero-order valence-corrected chi connectivity index (χ0v) is 17.8. The van der Waals surface area contributed by atoms with Crippen LogP contribution in [0, 0.1) is 5.41 Å². The Kier molecular flexibility index (Phi) is 10.7. The van der Waals surface area contributed by atoms with Gasteiger partial charge in [0.15, 0.2) is 5.96 Å². The lowest BCUT2D eigenvalue weighted by atomic mass is 9.84. The number of hydrogen-bond donors (Lipinski definition) is 3. The van der Waals surface area contributed by atoms with Crippen molar-refractivity contribution in [3.63, 3.8) is 0 Å². The first-order valence-electron chi connectivity index (χ1n) is 8.63. The molecule has 1 saturated heterocycles. The van der Waals surface area contributed by atoms with Crippen molar-refractivity contribution < 1.29 is 9.84 Å². The van der Waals surface area contributed by atoms with Crippen LogP contribution < -0.4 is 10.6 Å². The average molecular weight is 482 g/mol. The molecule has 1 atom stereocenters. The lowest BCUT2D eigenvalue weighted by molar-refractivity contribution is 0.131. The van der Waals surface area contributed by atoms with Gasteiger partial charge in [-0.1, -0.05) is 29.8 Å². The normalized spacial score (nSPS) is 20.2. The molecule has 0 aromatic heterocycles. The summed E-state index contributed by atoms with van der Waals surface area (Å²) in [7, 11) is 0. The number of hydrogen-bond acceptors (Lipinski definition) is 3. The quantitative estimate of drug-likeness (QED) is 0.303. The minimum atomic E-state index is -0.0279. The van der Waals surface area contributed by atoms with Gasteiger partial charge in [0.25, 0.3) is 0 Å². The van der Waals surface area contributed by atoms with E-state index in [1.165, 1.54) is 0 Å². The van der Waals surface area contributed by atoms with Crippen LogP contribution in [0.5, 0.6) is 0 Å². The van der Waals surface area contributed by atoms with Crippen LogP contribution in [0.25, 0.3) is 0 Å². The molecule has 2 rings (SSSR count). The van der Waals surface area contributed by atoms with Crippen molar-refractivity contribution in [1.82, 2.24) is 10.6 Å². The van der Waals surface area contributed by atoms with Crippen molar-refractivity contribution in [2.75, 3.05) is 39.5 Å². The molecule has 1 aliphatic rings. The molecule has 3 N–H and O–H groups in total. The van der Waals surface area contributed by atoms with E-state index in [4.69, 9.17) is 21.3 Å². The molecule has 0 saturated carbocycles. The number of benzene rings is 1. The van der Waals surface area contributed by atoms with Crippen LogP contribution in [0.3, 0.4) is 0 Å². The molecule has 0 spiro atoms. The second-order valence-electron chi connectivity index (χ2n) is 6.24. The van der Waals surface area contributed by atoms with Gasteiger partial charge >= 0.3 is 0 Å². The number of rotatable bonds is 8. The number of aliphatic imine (C=N–C) groups is 1. The highest BCUT2D eigenvalue weighted by atomic mass is 127. The molecule has 7 heteroatoms. The highest BCUT2D eigenvalue weighted by Crippen LogP contribution is 2.32. The Bertz CT molecular complexity index is 537. The molecule has 1 fully saturated rings. The first kappa shape index (κ1) is 22.5. The molecule has 5 nitrogen and oxygen atoms in total. The van der Waals surface area contributed by atoms with Crippen LogP contribution in [-0.2, 0) is 11.2 Å². The molecule has 0 aliphatic carbocycles. The number of guanidine groups is 1. The predicted octanol–water partition coefficient (Wildman–Crippen LogP) is 2.84. The van der Waals surface area contributed by atoms with Gasteiger partial charge in [-0.25, -0.2) is 0 Å². The second kappa shape index (κ2) is 11.9. The number of halogens is 2. The molecule has 0 bridgehead atoms.